The van der Waals surface area contributed by atoms with Gasteiger partial charge in [-0.05, 0) is 68.1 Å². The summed E-state index contributed by atoms with van der Waals surface area (Å²) in [5.74, 6) is 0.109. The van der Waals surface area contributed by atoms with Crippen molar-refractivity contribution in [2.24, 2.45) is 5.92 Å². The first-order chi connectivity index (χ1) is 15.6. The van der Waals surface area contributed by atoms with E-state index in [1.54, 1.807) is 23.5 Å². The van der Waals surface area contributed by atoms with Gasteiger partial charge in [-0.15, -0.1) is 11.3 Å². The van der Waals surface area contributed by atoms with E-state index in [0.717, 1.165) is 51.1 Å². The standard InChI is InChI=1S/C24H31FN4O2S/c25-20-3-5-21(6-4-20)28-13-15-29(16-14-28)23(30)18-27-11-8-19(9-12-27)24(31)26-10-7-22-2-1-17-32-22/h1-6,17,19H,7-16,18H2,(H,26,31). The maximum atomic E-state index is 13.1. The summed E-state index contributed by atoms with van der Waals surface area (Å²) in [5.41, 5.74) is 0.995. The summed E-state index contributed by atoms with van der Waals surface area (Å²) in [6.45, 7) is 5.54. The minimum absolute atomic E-state index is 0.0453. The van der Waals surface area contributed by atoms with Crippen molar-refractivity contribution < 1.29 is 14.0 Å². The largest absolute Gasteiger partial charge is 0.368 e. The van der Waals surface area contributed by atoms with Crippen molar-refractivity contribution >= 4 is 28.8 Å². The fourth-order valence-corrected chi connectivity index (χ4v) is 5.13. The van der Waals surface area contributed by atoms with Crippen molar-refractivity contribution in [2.45, 2.75) is 19.3 Å². The van der Waals surface area contributed by atoms with E-state index in [-0.39, 0.29) is 23.5 Å². The van der Waals surface area contributed by atoms with E-state index in [0.29, 0.717) is 26.2 Å². The molecule has 4 rings (SSSR count). The molecule has 1 aromatic carbocycles. The minimum atomic E-state index is -0.234. The fourth-order valence-electron chi connectivity index (χ4n) is 4.42. The number of likely N-dealkylation sites (tertiary alicyclic amines) is 1. The maximum Gasteiger partial charge on any atom is 0.236 e. The smallest absolute Gasteiger partial charge is 0.236 e. The molecule has 2 aliphatic heterocycles. The Kier molecular flexibility index (Phi) is 7.76. The predicted octanol–water partition coefficient (Wildman–Crippen LogP) is 2.61. The van der Waals surface area contributed by atoms with Crippen LogP contribution in [0.25, 0.3) is 0 Å². The van der Waals surface area contributed by atoms with Gasteiger partial charge in [-0.1, -0.05) is 6.07 Å². The van der Waals surface area contributed by atoms with Crippen LogP contribution in [0.1, 0.15) is 17.7 Å². The molecule has 172 valence electrons. The Hall–Kier alpha value is -2.45. The topological polar surface area (TPSA) is 55.9 Å². The first-order valence-corrected chi connectivity index (χ1v) is 12.3. The van der Waals surface area contributed by atoms with Crippen LogP contribution in [0, 0.1) is 11.7 Å². The van der Waals surface area contributed by atoms with Crippen LogP contribution in [0.4, 0.5) is 10.1 Å². The molecular weight excluding hydrogens is 427 g/mol. The highest BCUT2D eigenvalue weighted by atomic mass is 32.1. The Morgan fingerprint density at radius 1 is 1.00 bits per heavy atom. The van der Waals surface area contributed by atoms with E-state index in [1.165, 1.54) is 17.0 Å². The molecule has 32 heavy (non-hydrogen) atoms. The summed E-state index contributed by atoms with van der Waals surface area (Å²) in [6, 6.07) is 10.6. The Balaban J connectivity index is 1.14. The normalized spacial score (nSPS) is 18.0. The molecule has 2 fully saturated rings. The Labute approximate surface area is 193 Å². The monoisotopic (exact) mass is 458 g/mol. The molecule has 1 N–H and O–H groups in total. The second-order valence-electron chi connectivity index (χ2n) is 8.52. The molecular formula is C24H31FN4O2S. The third-order valence-electron chi connectivity index (χ3n) is 6.39. The van der Waals surface area contributed by atoms with Gasteiger partial charge in [0.05, 0.1) is 6.54 Å². The highest BCUT2D eigenvalue weighted by Gasteiger charge is 2.28. The Morgan fingerprint density at radius 3 is 2.38 bits per heavy atom. The lowest BCUT2D eigenvalue weighted by Crippen LogP contribution is -2.52. The number of piperazine rings is 1. The van der Waals surface area contributed by atoms with Gasteiger partial charge in [-0.2, -0.15) is 0 Å². The van der Waals surface area contributed by atoms with E-state index in [4.69, 9.17) is 0 Å². The number of hydrogen-bond donors (Lipinski definition) is 1. The van der Waals surface area contributed by atoms with Crippen LogP contribution >= 0.6 is 11.3 Å². The van der Waals surface area contributed by atoms with Crippen molar-refractivity contribution in [2.75, 3.05) is 57.3 Å². The molecule has 3 heterocycles. The number of amides is 2. The average molecular weight is 459 g/mol. The summed E-state index contributed by atoms with van der Waals surface area (Å²) < 4.78 is 13.1. The molecule has 0 radical (unpaired) electrons. The first-order valence-electron chi connectivity index (χ1n) is 11.4. The zero-order valence-electron chi connectivity index (χ0n) is 18.3. The van der Waals surface area contributed by atoms with Gasteiger partial charge in [0.1, 0.15) is 5.82 Å². The third-order valence-corrected chi connectivity index (χ3v) is 7.33. The van der Waals surface area contributed by atoms with Crippen LogP contribution in [-0.2, 0) is 16.0 Å². The van der Waals surface area contributed by atoms with Crippen LogP contribution in [0.3, 0.4) is 0 Å². The second kappa shape index (κ2) is 10.9. The number of carbonyl (C=O) groups is 2. The molecule has 0 bridgehead atoms. The van der Waals surface area contributed by atoms with E-state index < -0.39 is 0 Å². The van der Waals surface area contributed by atoms with E-state index in [9.17, 15) is 14.0 Å². The number of benzene rings is 1. The number of nitrogens with one attached hydrogen (secondary N) is 1. The molecule has 0 saturated carbocycles. The van der Waals surface area contributed by atoms with Gasteiger partial charge in [0, 0.05) is 49.2 Å². The molecule has 2 saturated heterocycles. The van der Waals surface area contributed by atoms with Gasteiger partial charge in [0.15, 0.2) is 0 Å². The summed E-state index contributed by atoms with van der Waals surface area (Å²) in [4.78, 5) is 32.8. The highest BCUT2D eigenvalue weighted by molar-refractivity contribution is 7.09. The summed E-state index contributed by atoms with van der Waals surface area (Å²) >= 11 is 1.72. The first kappa shape index (κ1) is 22.7. The highest BCUT2D eigenvalue weighted by Crippen LogP contribution is 2.19. The molecule has 2 aromatic rings. The van der Waals surface area contributed by atoms with E-state index in [1.807, 2.05) is 11.0 Å². The number of rotatable bonds is 7. The maximum absolute atomic E-state index is 13.1. The van der Waals surface area contributed by atoms with Crippen LogP contribution < -0.4 is 10.2 Å². The number of piperidine rings is 1. The van der Waals surface area contributed by atoms with E-state index in [2.05, 4.69) is 26.6 Å². The lowest BCUT2D eigenvalue weighted by Gasteiger charge is -2.38. The Morgan fingerprint density at radius 2 is 1.72 bits per heavy atom. The molecule has 0 atom stereocenters. The van der Waals surface area contributed by atoms with Gasteiger partial charge in [0.25, 0.3) is 0 Å². The SMILES string of the molecule is O=C(NCCc1cccs1)C1CCN(CC(=O)N2CCN(c3ccc(F)cc3)CC2)CC1. The summed E-state index contributed by atoms with van der Waals surface area (Å²) in [6.07, 6.45) is 2.48. The van der Waals surface area contributed by atoms with Gasteiger partial charge >= 0.3 is 0 Å². The number of nitrogens with zero attached hydrogens (tertiary/aromatic N) is 3. The molecule has 0 spiro atoms. The van der Waals surface area contributed by atoms with Crippen molar-refractivity contribution in [1.29, 1.82) is 0 Å². The van der Waals surface area contributed by atoms with Crippen LogP contribution in [0.15, 0.2) is 41.8 Å². The quantitative estimate of drug-likeness (QED) is 0.693. The lowest BCUT2D eigenvalue weighted by atomic mass is 9.96. The number of anilines is 1. The minimum Gasteiger partial charge on any atom is -0.368 e. The summed E-state index contributed by atoms with van der Waals surface area (Å²) in [7, 11) is 0. The van der Waals surface area contributed by atoms with Crippen LogP contribution in [0.2, 0.25) is 0 Å². The molecule has 2 aliphatic rings. The van der Waals surface area contributed by atoms with E-state index >= 15 is 0 Å². The van der Waals surface area contributed by atoms with Crippen LogP contribution in [-0.4, -0.2) is 74.0 Å². The van der Waals surface area contributed by atoms with Crippen LogP contribution in [0.5, 0.6) is 0 Å². The molecule has 8 heteroatoms. The number of hydrogen-bond acceptors (Lipinski definition) is 5. The molecule has 1 aromatic heterocycles. The van der Waals surface area contributed by atoms with Gasteiger partial charge < -0.3 is 15.1 Å². The molecule has 6 nitrogen and oxygen atoms in total. The van der Waals surface area contributed by atoms with Crippen molar-refractivity contribution in [3.8, 4) is 0 Å². The average Bonchev–Trinajstić information content (AvgIpc) is 3.34. The van der Waals surface area contributed by atoms with Crippen molar-refractivity contribution in [1.82, 2.24) is 15.1 Å². The lowest BCUT2D eigenvalue weighted by molar-refractivity contribution is -0.133. The summed E-state index contributed by atoms with van der Waals surface area (Å²) in [5, 5.41) is 5.12. The third kappa shape index (κ3) is 6.07. The second-order valence-corrected chi connectivity index (χ2v) is 9.55. The van der Waals surface area contributed by atoms with Gasteiger partial charge in [0.2, 0.25) is 11.8 Å². The predicted molar refractivity (Wildman–Crippen MR) is 125 cm³/mol. The zero-order valence-corrected chi connectivity index (χ0v) is 19.2. The molecule has 0 aliphatic carbocycles. The van der Waals surface area contributed by atoms with Crippen molar-refractivity contribution in [3.05, 3.63) is 52.5 Å². The molecule has 2 amide bonds. The zero-order chi connectivity index (χ0) is 22.3. The molecule has 0 unspecified atom stereocenters. The fraction of sp³-hybridized carbons (Fsp3) is 0.500. The Bertz CT molecular complexity index is 874. The van der Waals surface area contributed by atoms with Crippen molar-refractivity contribution in [3.63, 3.8) is 0 Å². The van der Waals surface area contributed by atoms with Gasteiger partial charge in [-0.3, -0.25) is 14.5 Å². The number of halogens is 1. The number of thiophene rings is 1. The van der Waals surface area contributed by atoms with Gasteiger partial charge in [-0.25, -0.2) is 4.39 Å². The number of carbonyl (C=O) groups excluding carboxylic acids is 2.